The molecule has 0 spiro atoms. The Labute approximate surface area is 143 Å². The second kappa shape index (κ2) is 6.33. The lowest BCUT2D eigenvalue weighted by atomic mass is 10.2. The van der Waals surface area contributed by atoms with Crippen molar-refractivity contribution in [2.75, 3.05) is 25.2 Å². The number of hydrogen-bond acceptors (Lipinski definition) is 5. The molecule has 9 heteroatoms. The zero-order valence-corrected chi connectivity index (χ0v) is 14.7. The molecule has 3 rings (SSSR count). The first-order valence-electron chi connectivity index (χ1n) is 6.94. The molecule has 2 heterocycles. The number of hydrogen-bond donors (Lipinski definition) is 0. The monoisotopic (exact) mass is 374 g/mol. The Morgan fingerprint density at radius 2 is 2.09 bits per heavy atom. The minimum atomic E-state index is -2.98. The number of fused-ring (bicyclic) bond motifs is 1. The highest BCUT2D eigenvalue weighted by molar-refractivity contribution is 8.15. The van der Waals surface area contributed by atoms with E-state index in [-0.39, 0.29) is 29.4 Å². The normalized spacial score (nSPS) is 27.2. The van der Waals surface area contributed by atoms with Gasteiger partial charge in [-0.1, -0.05) is 23.4 Å². The molecule has 0 N–H and O–H groups in total. The number of halogens is 1. The quantitative estimate of drug-likeness (QED) is 0.797. The van der Waals surface area contributed by atoms with Gasteiger partial charge in [0, 0.05) is 17.3 Å². The van der Waals surface area contributed by atoms with E-state index in [1.54, 1.807) is 36.2 Å². The summed E-state index contributed by atoms with van der Waals surface area (Å²) in [5.41, 5.74) is 0. The van der Waals surface area contributed by atoms with Gasteiger partial charge in [-0.2, -0.15) is 4.99 Å². The molecule has 2 aliphatic rings. The second-order valence-electron chi connectivity index (χ2n) is 5.44. The van der Waals surface area contributed by atoms with E-state index < -0.39 is 15.7 Å². The maximum absolute atomic E-state index is 11.9. The molecule has 2 unspecified atom stereocenters. The van der Waals surface area contributed by atoms with Crippen LogP contribution in [0.4, 0.5) is 0 Å². The number of ether oxygens (including phenoxy) is 1. The molecule has 1 aromatic carbocycles. The Morgan fingerprint density at radius 1 is 1.39 bits per heavy atom. The Balaban J connectivity index is 1.59. The molecule has 2 saturated heterocycles. The fourth-order valence-electron chi connectivity index (χ4n) is 2.55. The molecule has 6 nitrogen and oxygen atoms in total. The van der Waals surface area contributed by atoms with Crippen molar-refractivity contribution < 1.29 is 17.9 Å². The smallest absolute Gasteiger partial charge is 0.285 e. The van der Waals surface area contributed by atoms with Crippen molar-refractivity contribution in [1.29, 1.82) is 0 Å². The Bertz CT molecular complexity index is 749. The van der Waals surface area contributed by atoms with E-state index in [0.29, 0.717) is 15.9 Å². The average Bonchev–Trinajstić information content (AvgIpc) is 2.92. The van der Waals surface area contributed by atoms with Crippen LogP contribution in [0.5, 0.6) is 5.75 Å². The molecule has 0 aromatic heterocycles. The number of amidine groups is 1. The molecule has 2 fully saturated rings. The Morgan fingerprint density at radius 3 is 2.74 bits per heavy atom. The maximum Gasteiger partial charge on any atom is 0.285 e. The molecule has 23 heavy (non-hydrogen) atoms. The lowest BCUT2D eigenvalue weighted by molar-refractivity contribution is -0.119. The van der Waals surface area contributed by atoms with Crippen molar-refractivity contribution in [3.05, 3.63) is 29.3 Å². The highest BCUT2D eigenvalue weighted by Gasteiger charge is 2.47. The van der Waals surface area contributed by atoms with Crippen LogP contribution in [0.15, 0.2) is 29.3 Å². The number of thioether (sulfide) groups is 1. The maximum atomic E-state index is 11.9. The van der Waals surface area contributed by atoms with Crippen LogP contribution >= 0.6 is 23.4 Å². The summed E-state index contributed by atoms with van der Waals surface area (Å²) in [4.78, 5) is 17.8. The van der Waals surface area contributed by atoms with Gasteiger partial charge in [0.15, 0.2) is 21.6 Å². The molecular weight excluding hydrogens is 360 g/mol. The number of amides is 1. The van der Waals surface area contributed by atoms with E-state index >= 15 is 0 Å². The lowest BCUT2D eigenvalue weighted by Gasteiger charge is -2.17. The summed E-state index contributed by atoms with van der Waals surface area (Å²) < 4.78 is 28.6. The number of sulfone groups is 1. The first kappa shape index (κ1) is 16.6. The van der Waals surface area contributed by atoms with Gasteiger partial charge in [0.2, 0.25) is 0 Å². The molecule has 0 radical (unpaired) electrons. The lowest BCUT2D eigenvalue weighted by Crippen LogP contribution is -2.34. The number of carbonyl (C=O) groups excluding carboxylic acids is 1. The molecule has 2 atom stereocenters. The Kier molecular flexibility index (Phi) is 4.57. The van der Waals surface area contributed by atoms with Gasteiger partial charge in [0.1, 0.15) is 5.75 Å². The van der Waals surface area contributed by atoms with Crippen molar-refractivity contribution in [2.24, 2.45) is 4.99 Å². The van der Waals surface area contributed by atoms with Crippen LogP contribution in [-0.4, -0.2) is 60.8 Å². The average molecular weight is 375 g/mol. The van der Waals surface area contributed by atoms with Crippen LogP contribution in [0, 0.1) is 0 Å². The van der Waals surface area contributed by atoms with Crippen molar-refractivity contribution >= 4 is 44.3 Å². The van der Waals surface area contributed by atoms with Crippen LogP contribution in [0.2, 0.25) is 5.02 Å². The number of rotatable bonds is 3. The highest BCUT2D eigenvalue weighted by atomic mass is 35.5. The molecule has 0 saturated carbocycles. The van der Waals surface area contributed by atoms with Crippen molar-refractivity contribution in [1.82, 2.24) is 4.90 Å². The van der Waals surface area contributed by atoms with E-state index in [0.717, 1.165) is 0 Å². The molecule has 0 aliphatic carbocycles. The first-order valence-corrected chi connectivity index (χ1v) is 10.0. The fourth-order valence-corrected chi connectivity index (χ4v) is 6.69. The molecule has 124 valence electrons. The number of nitrogens with zero attached hydrogens (tertiary/aromatic N) is 2. The topological polar surface area (TPSA) is 76.0 Å². The van der Waals surface area contributed by atoms with Gasteiger partial charge in [-0.15, -0.1) is 0 Å². The van der Waals surface area contributed by atoms with Crippen LogP contribution in [0.25, 0.3) is 0 Å². The van der Waals surface area contributed by atoms with E-state index in [1.165, 1.54) is 11.8 Å². The van der Waals surface area contributed by atoms with Crippen LogP contribution in [0.1, 0.15) is 0 Å². The van der Waals surface area contributed by atoms with Crippen LogP contribution < -0.4 is 4.74 Å². The molecule has 1 aromatic rings. The van der Waals surface area contributed by atoms with E-state index in [2.05, 4.69) is 4.99 Å². The third-order valence-electron chi connectivity index (χ3n) is 3.72. The highest BCUT2D eigenvalue weighted by Crippen LogP contribution is 2.36. The van der Waals surface area contributed by atoms with Crippen LogP contribution in [0.3, 0.4) is 0 Å². The van der Waals surface area contributed by atoms with Gasteiger partial charge in [-0.25, -0.2) is 8.42 Å². The number of aliphatic imine (C=N–C) groups is 1. The molecule has 1 amide bonds. The third-order valence-corrected chi connectivity index (χ3v) is 7.28. The van der Waals surface area contributed by atoms with Crippen molar-refractivity contribution in [3.8, 4) is 5.75 Å². The summed E-state index contributed by atoms with van der Waals surface area (Å²) in [5.74, 6) is 0.395. The van der Waals surface area contributed by atoms with Crippen molar-refractivity contribution in [3.63, 3.8) is 0 Å². The molecule has 2 aliphatic heterocycles. The fraction of sp³-hybridized carbons (Fsp3) is 0.429. The largest absolute Gasteiger partial charge is 0.484 e. The van der Waals surface area contributed by atoms with Gasteiger partial charge in [0.05, 0.1) is 17.5 Å². The van der Waals surface area contributed by atoms with Gasteiger partial charge in [0.25, 0.3) is 5.91 Å². The zero-order chi connectivity index (χ0) is 16.6. The first-order chi connectivity index (χ1) is 10.8. The molecular formula is C14H15ClN2O4S2. The summed E-state index contributed by atoms with van der Waals surface area (Å²) in [5, 5.41) is 1.10. The summed E-state index contributed by atoms with van der Waals surface area (Å²) in [7, 11) is -1.21. The SMILES string of the molecule is CN1C(=NC(=O)COc2ccc(Cl)cc2)SC2CS(=O)(=O)CC21. The zero-order valence-electron chi connectivity index (χ0n) is 12.3. The predicted molar refractivity (Wildman–Crippen MR) is 91.0 cm³/mol. The summed E-state index contributed by atoms with van der Waals surface area (Å²) in [6.07, 6.45) is 0. The number of carbonyl (C=O) groups is 1. The summed E-state index contributed by atoms with van der Waals surface area (Å²) in [6.45, 7) is -0.173. The van der Waals surface area contributed by atoms with E-state index in [9.17, 15) is 13.2 Å². The minimum Gasteiger partial charge on any atom is -0.484 e. The predicted octanol–water partition coefficient (Wildman–Crippen LogP) is 1.45. The van der Waals surface area contributed by atoms with E-state index in [1.807, 2.05) is 0 Å². The summed E-state index contributed by atoms with van der Waals surface area (Å²) in [6, 6.07) is 6.60. The number of benzene rings is 1. The third kappa shape index (κ3) is 3.81. The summed E-state index contributed by atoms with van der Waals surface area (Å²) >= 11 is 7.12. The molecule has 0 bridgehead atoms. The van der Waals surface area contributed by atoms with Crippen molar-refractivity contribution in [2.45, 2.75) is 11.3 Å². The minimum absolute atomic E-state index is 0.0475. The van der Waals surface area contributed by atoms with Gasteiger partial charge >= 0.3 is 0 Å². The Hall–Kier alpha value is -1.25. The second-order valence-corrected chi connectivity index (χ2v) is 9.24. The van der Waals surface area contributed by atoms with Gasteiger partial charge in [-0.3, -0.25) is 4.79 Å². The van der Waals surface area contributed by atoms with Crippen LogP contribution in [-0.2, 0) is 14.6 Å². The standard InChI is InChI=1S/C14H15ClN2O4S2/c1-17-11-7-23(19,20)8-12(11)22-14(17)16-13(18)6-21-10-4-2-9(15)3-5-10/h2-5,11-12H,6-8H2,1H3. The van der Waals surface area contributed by atoms with Gasteiger partial charge in [-0.05, 0) is 24.3 Å². The van der Waals surface area contributed by atoms with Gasteiger partial charge < -0.3 is 9.64 Å². The van der Waals surface area contributed by atoms with E-state index in [4.69, 9.17) is 16.3 Å².